The monoisotopic (exact) mass is 790 g/mol. The largest absolute Gasteiger partial charge is 1.00 e. The Balaban J connectivity index is 0.00000576. The van der Waals surface area contributed by atoms with Crippen LogP contribution >= 0.6 is 22.6 Å². The van der Waals surface area contributed by atoms with Crippen molar-refractivity contribution in [1.82, 2.24) is 5.32 Å². The Kier molecular flexibility index (Phi) is 12.4. The second-order valence-electron chi connectivity index (χ2n) is 12.2. The van der Waals surface area contributed by atoms with E-state index in [-0.39, 0.29) is 58.7 Å². The molecule has 0 saturated heterocycles. The number of benzene rings is 2. The molecule has 0 unspecified atom stereocenters. The molecule has 10 nitrogen and oxygen atoms in total. The Morgan fingerprint density at radius 1 is 1.02 bits per heavy atom. The van der Waals surface area contributed by atoms with Crippen molar-refractivity contribution in [2.75, 3.05) is 28.7 Å². The maximum Gasteiger partial charge on any atom is 1.00 e. The van der Waals surface area contributed by atoms with Crippen molar-refractivity contribution in [2.24, 2.45) is 0 Å². The number of fused-ring (bicyclic) bond motifs is 2. The SMILES string of the molecule is C[N+]1=C(/C=C/C=C/C=C2\N(CCCS(=O)(=O)[O-])c3ccc(S(=O)(=O)O)cc3C2(C)C)C(C)(C)c2cc(CNC(=O)CI)ccc21.[Na+]. The van der Waals surface area contributed by atoms with Gasteiger partial charge in [-0.1, -0.05) is 60.7 Å². The minimum atomic E-state index is -4.43. The first-order valence-electron chi connectivity index (χ1n) is 14.3. The molecule has 0 atom stereocenters. The third kappa shape index (κ3) is 8.41. The van der Waals surface area contributed by atoms with E-state index in [1.54, 1.807) is 6.07 Å². The second kappa shape index (κ2) is 14.7. The fourth-order valence-corrected chi connectivity index (χ4v) is 7.31. The number of nitrogens with zero attached hydrogens (tertiary/aromatic N) is 2. The molecule has 46 heavy (non-hydrogen) atoms. The Morgan fingerprint density at radius 3 is 2.35 bits per heavy atom. The van der Waals surface area contributed by atoms with Gasteiger partial charge in [0.2, 0.25) is 11.6 Å². The van der Waals surface area contributed by atoms with Crippen LogP contribution in [-0.4, -0.2) is 65.9 Å². The van der Waals surface area contributed by atoms with Crippen molar-refractivity contribution in [3.63, 3.8) is 0 Å². The molecule has 0 radical (unpaired) electrons. The van der Waals surface area contributed by atoms with E-state index in [2.05, 4.69) is 41.9 Å². The standard InChI is InChI=1S/C32H38IN3O7S2.Na/c1-31(2)24-18-22(21-34-30(37)20-33)12-14-26(24)35(5)28(31)10-7-6-8-11-29-32(3,4)25-19-23(45(41,42)43)13-15-27(25)36(29)16-9-17-44(38,39)40;/h6-8,10-15,18-19H,9,16-17,20-21H2,1-5H3,(H2-,34,37,38,39,40,41,42,43);/q;+1. The van der Waals surface area contributed by atoms with Crippen LogP contribution in [0.1, 0.15) is 50.8 Å². The molecule has 2 heterocycles. The molecule has 14 heteroatoms. The predicted octanol–water partition coefficient (Wildman–Crippen LogP) is 1.72. The second-order valence-corrected chi connectivity index (χ2v) is 15.9. The van der Waals surface area contributed by atoms with E-state index < -0.39 is 31.4 Å². The molecular formula is C32H38IN3NaO7S2+. The zero-order chi connectivity index (χ0) is 33.4. The number of allylic oxidation sites excluding steroid dienone is 6. The van der Waals surface area contributed by atoms with Gasteiger partial charge in [-0.2, -0.15) is 13.0 Å². The Hall–Kier alpha value is -1.85. The van der Waals surface area contributed by atoms with Crippen LogP contribution in [0.25, 0.3) is 0 Å². The van der Waals surface area contributed by atoms with Gasteiger partial charge in [0, 0.05) is 53.3 Å². The number of rotatable bonds is 11. The third-order valence-electron chi connectivity index (χ3n) is 8.38. The van der Waals surface area contributed by atoms with Crippen LogP contribution in [0.5, 0.6) is 0 Å². The normalized spacial score (nSPS) is 17.9. The molecule has 0 aromatic heterocycles. The molecule has 2 aromatic carbocycles. The van der Waals surface area contributed by atoms with E-state index in [1.165, 1.54) is 17.7 Å². The molecule has 2 aliphatic heterocycles. The number of nitrogens with one attached hydrogen (secondary N) is 1. The van der Waals surface area contributed by atoms with Crippen molar-refractivity contribution in [2.45, 2.75) is 56.4 Å². The molecule has 1 amide bonds. The number of anilines is 1. The summed E-state index contributed by atoms with van der Waals surface area (Å²) in [6, 6.07) is 10.6. The fourth-order valence-electron chi connectivity index (χ4n) is 6.05. The summed E-state index contributed by atoms with van der Waals surface area (Å²) in [6.45, 7) is 8.87. The van der Waals surface area contributed by atoms with E-state index >= 15 is 0 Å². The molecule has 2 aromatic rings. The van der Waals surface area contributed by atoms with Crippen LogP contribution in [0.4, 0.5) is 11.4 Å². The van der Waals surface area contributed by atoms with Gasteiger partial charge in [-0.25, -0.2) is 8.42 Å². The zero-order valence-electron chi connectivity index (χ0n) is 26.9. The molecular weight excluding hydrogens is 752 g/mol. The average Bonchev–Trinajstić information content (AvgIpc) is 3.28. The number of carbonyl (C=O) groups is 1. The number of halogens is 1. The van der Waals surface area contributed by atoms with Crippen molar-refractivity contribution < 1.29 is 64.9 Å². The van der Waals surface area contributed by atoms with Crippen LogP contribution in [-0.2, 0) is 42.4 Å². The summed E-state index contributed by atoms with van der Waals surface area (Å²) in [6.07, 6.45) is 9.73. The summed E-state index contributed by atoms with van der Waals surface area (Å²) in [7, 11) is -6.80. The van der Waals surface area contributed by atoms with Gasteiger partial charge >= 0.3 is 29.6 Å². The van der Waals surface area contributed by atoms with Crippen molar-refractivity contribution in [3.05, 3.63) is 89.2 Å². The van der Waals surface area contributed by atoms with Gasteiger partial charge in [-0.05, 0) is 61.7 Å². The Bertz CT molecular complexity index is 1870. The molecule has 2 N–H and O–H groups in total. The minimum Gasteiger partial charge on any atom is -0.748 e. The van der Waals surface area contributed by atoms with Gasteiger partial charge in [-0.15, -0.1) is 0 Å². The van der Waals surface area contributed by atoms with Gasteiger partial charge < -0.3 is 14.8 Å². The number of amides is 1. The summed E-state index contributed by atoms with van der Waals surface area (Å²) < 4.78 is 69.7. The summed E-state index contributed by atoms with van der Waals surface area (Å²) in [5.41, 5.74) is 5.56. The summed E-state index contributed by atoms with van der Waals surface area (Å²) in [5, 5.41) is 2.93. The molecule has 4 rings (SSSR count). The van der Waals surface area contributed by atoms with Crippen LogP contribution < -0.4 is 39.8 Å². The van der Waals surface area contributed by atoms with Crippen LogP contribution in [0.3, 0.4) is 0 Å². The van der Waals surface area contributed by atoms with Crippen molar-refractivity contribution in [3.8, 4) is 0 Å². The molecule has 0 saturated carbocycles. The zero-order valence-corrected chi connectivity index (χ0v) is 32.7. The van der Waals surface area contributed by atoms with Gasteiger partial charge in [0.25, 0.3) is 10.1 Å². The van der Waals surface area contributed by atoms with Crippen molar-refractivity contribution in [1.29, 1.82) is 0 Å². The van der Waals surface area contributed by atoms with Crippen LogP contribution in [0.2, 0.25) is 0 Å². The van der Waals surface area contributed by atoms with Gasteiger partial charge in [0.15, 0.2) is 5.71 Å². The van der Waals surface area contributed by atoms with E-state index in [0.717, 1.165) is 22.7 Å². The van der Waals surface area contributed by atoms with Gasteiger partial charge in [0.1, 0.15) is 7.05 Å². The number of alkyl halides is 1. The van der Waals surface area contributed by atoms with E-state index in [1.807, 2.05) is 78.8 Å². The summed E-state index contributed by atoms with van der Waals surface area (Å²) in [4.78, 5) is 13.4. The fraction of sp³-hybridized carbons (Fsp3) is 0.375. The van der Waals surface area contributed by atoms with E-state index in [0.29, 0.717) is 22.2 Å². The Labute approximate surface area is 307 Å². The topological polar surface area (TPSA) is 147 Å². The van der Waals surface area contributed by atoms with Crippen LogP contribution in [0.15, 0.2) is 77.4 Å². The summed E-state index contributed by atoms with van der Waals surface area (Å²) >= 11 is 2.04. The van der Waals surface area contributed by atoms with Gasteiger partial charge in [-0.3, -0.25) is 9.35 Å². The maximum absolute atomic E-state index is 11.9. The first kappa shape index (κ1) is 38.6. The first-order valence-corrected chi connectivity index (χ1v) is 18.9. The molecule has 0 bridgehead atoms. The molecule has 242 valence electrons. The van der Waals surface area contributed by atoms with E-state index in [4.69, 9.17) is 0 Å². The Morgan fingerprint density at radius 2 is 1.72 bits per heavy atom. The third-order valence-corrected chi connectivity index (χ3v) is 10.7. The van der Waals surface area contributed by atoms with Crippen LogP contribution in [0, 0.1) is 0 Å². The molecule has 2 aliphatic rings. The predicted molar refractivity (Wildman–Crippen MR) is 183 cm³/mol. The molecule has 0 spiro atoms. The van der Waals surface area contributed by atoms with Crippen molar-refractivity contribution >= 4 is 65.8 Å². The average molecular weight is 791 g/mol. The maximum atomic E-state index is 11.9. The number of carbonyl (C=O) groups excluding carboxylic acids is 1. The molecule has 0 aliphatic carbocycles. The molecule has 0 fully saturated rings. The number of hydrogen-bond acceptors (Lipinski definition) is 7. The smallest absolute Gasteiger partial charge is 0.748 e. The van der Waals surface area contributed by atoms with Gasteiger partial charge in [0.05, 0.1) is 24.9 Å². The summed E-state index contributed by atoms with van der Waals surface area (Å²) in [5.74, 6) is -0.525. The quantitative estimate of drug-likeness (QED) is 0.0875. The minimum absolute atomic E-state index is 0. The van der Waals surface area contributed by atoms with E-state index in [9.17, 15) is 30.7 Å². The first-order chi connectivity index (χ1) is 20.9. The number of hydrogen-bond donors (Lipinski definition) is 2.